The quantitative estimate of drug-likeness (QED) is 0.611. The average molecular weight is 230 g/mol. The highest BCUT2D eigenvalue weighted by molar-refractivity contribution is 6.32. The first kappa shape index (κ1) is 11.9. The van der Waals surface area contributed by atoms with Crippen LogP contribution in [0.25, 0.3) is 0 Å². The summed E-state index contributed by atoms with van der Waals surface area (Å²) in [5.41, 5.74) is 0.266. The second-order valence-electron chi connectivity index (χ2n) is 2.97. The summed E-state index contributed by atoms with van der Waals surface area (Å²) < 4.78 is 5.05. The number of halogens is 1. The number of aromatic nitrogens is 2. The van der Waals surface area contributed by atoms with E-state index in [0.717, 1.165) is 0 Å². The predicted octanol–water partition coefficient (Wildman–Crippen LogP) is 1.39. The van der Waals surface area contributed by atoms with Gasteiger partial charge in [-0.1, -0.05) is 11.6 Å². The van der Waals surface area contributed by atoms with Gasteiger partial charge in [0.2, 0.25) is 0 Å². The van der Waals surface area contributed by atoms with Crippen molar-refractivity contribution < 1.29 is 9.53 Å². The number of anilines is 1. The number of nitrogens with zero attached hydrogens (tertiary/aromatic N) is 2. The summed E-state index contributed by atoms with van der Waals surface area (Å²) in [6.07, 6.45) is 1.95. The highest BCUT2D eigenvalue weighted by atomic mass is 35.5. The highest BCUT2D eigenvalue weighted by Gasteiger charge is 2.09. The number of aldehydes is 1. The molecule has 6 heteroatoms. The van der Waals surface area contributed by atoms with Crippen LogP contribution in [0.5, 0.6) is 0 Å². The van der Waals surface area contributed by atoms with Crippen LogP contribution in [0.15, 0.2) is 6.33 Å². The van der Waals surface area contributed by atoms with Crippen LogP contribution in [0.1, 0.15) is 17.3 Å². The Morgan fingerprint density at radius 2 is 2.40 bits per heavy atom. The molecule has 0 radical (unpaired) electrons. The van der Waals surface area contributed by atoms with Crippen molar-refractivity contribution >= 4 is 23.7 Å². The van der Waals surface area contributed by atoms with Gasteiger partial charge >= 0.3 is 0 Å². The topological polar surface area (TPSA) is 64.1 Å². The molecule has 0 aliphatic carbocycles. The molecule has 1 heterocycles. The lowest BCUT2D eigenvalue weighted by molar-refractivity contribution is 0.112. The number of ether oxygens (including phenoxy) is 1. The molecule has 0 aromatic carbocycles. The number of rotatable bonds is 5. The molecule has 0 fully saturated rings. The van der Waals surface area contributed by atoms with Gasteiger partial charge in [-0.2, -0.15) is 0 Å². The summed E-state index contributed by atoms with van der Waals surface area (Å²) in [5, 5.41) is 3.11. The monoisotopic (exact) mass is 229 g/mol. The van der Waals surface area contributed by atoms with Gasteiger partial charge in [-0.25, -0.2) is 9.97 Å². The van der Waals surface area contributed by atoms with Crippen molar-refractivity contribution in [3.8, 4) is 0 Å². The van der Waals surface area contributed by atoms with E-state index in [2.05, 4.69) is 15.3 Å². The number of hydrogen-bond acceptors (Lipinski definition) is 5. The van der Waals surface area contributed by atoms with Gasteiger partial charge in [0.25, 0.3) is 0 Å². The van der Waals surface area contributed by atoms with Crippen molar-refractivity contribution in [1.29, 1.82) is 0 Å². The number of carbonyl (C=O) groups excluding carboxylic acids is 1. The fraction of sp³-hybridized carbons (Fsp3) is 0.444. The third kappa shape index (κ3) is 3.14. The van der Waals surface area contributed by atoms with Crippen LogP contribution in [0.3, 0.4) is 0 Å². The molecule has 1 aromatic heterocycles. The van der Waals surface area contributed by atoms with Gasteiger partial charge < -0.3 is 10.1 Å². The Balaban J connectivity index is 2.76. The molecule has 1 unspecified atom stereocenters. The summed E-state index contributed by atoms with van der Waals surface area (Å²) in [4.78, 5) is 18.4. The summed E-state index contributed by atoms with van der Waals surface area (Å²) in [6, 6.07) is 0. The molecule has 0 saturated carbocycles. The molecule has 0 amide bonds. The van der Waals surface area contributed by atoms with Crippen LogP contribution in [0, 0.1) is 0 Å². The fourth-order valence-corrected chi connectivity index (χ4v) is 1.12. The molecular weight excluding hydrogens is 218 g/mol. The standard InChI is InChI=1S/C9H12ClN3O2/c1-6(15-2)3-11-9-7(4-14)8(10)12-5-13-9/h4-6H,3H2,1-2H3,(H,11,12,13). The smallest absolute Gasteiger partial charge is 0.156 e. The van der Waals surface area contributed by atoms with Gasteiger partial charge in [-0.3, -0.25) is 4.79 Å². The molecule has 0 saturated heterocycles. The number of carbonyl (C=O) groups is 1. The van der Waals surface area contributed by atoms with Gasteiger partial charge in [0.1, 0.15) is 17.3 Å². The van der Waals surface area contributed by atoms with Crippen molar-refractivity contribution in [2.75, 3.05) is 19.0 Å². The Labute approximate surface area is 92.8 Å². The molecule has 0 spiro atoms. The van der Waals surface area contributed by atoms with E-state index < -0.39 is 0 Å². The molecule has 0 aliphatic rings. The lowest BCUT2D eigenvalue weighted by Crippen LogP contribution is -2.19. The third-order valence-corrected chi connectivity index (χ3v) is 2.21. The van der Waals surface area contributed by atoms with E-state index in [1.165, 1.54) is 6.33 Å². The molecule has 0 aliphatic heterocycles. The number of nitrogens with one attached hydrogen (secondary N) is 1. The second-order valence-corrected chi connectivity index (χ2v) is 3.33. The number of methoxy groups -OCH3 is 1. The SMILES string of the molecule is COC(C)CNc1ncnc(Cl)c1C=O. The van der Waals surface area contributed by atoms with E-state index in [4.69, 9.17) is 16.3 Å². The Hall–Kier alpha value is -1.20. The van der Waals surface area contributed by atoms with E-state index in [-0.39, 0.29) is 16.8 Å². The maximum absolute atomic E-state index is 10.7. The van der Waals surface area contributed by atoms with Crippen molar-refractivity contribution in [2.24, 2.45) is 0 Å². The van der Waals surface area contributed by atoms with Crippen LogP contribution in [-0.2, 0) is 4.74 Å². The summed E-state index contributed by atoms with van der Waals surface area (Å²) in [7, 11) is 1.61. The van der Waals surface area contributed by atoms with Gasteiger partial charge in [0.15, 0.2) is 6.29 Å². The molecule has 15 heavy (non-hydrogen) atoms. The van der Waals surface area contributed by atoms with Crippen LogP contribution in [-0.4, -0.2) is 36.0 Å². The van der Waals surface area contributed by atoms with Crippen LogP contribution in [0.4, 0.5) is 5.82 Å². The lowest BCUT2D eigenvalue weighted by atomic mass is 10.3. The van der Waals surface area contributed by atoms with E-state index in [9.17, 15) is 4.79 Å². The minimum atomic E-state index is 0.0262. The second kappa shape index (κ2) is 5.63. The molecule has 5 nitrogen and oxygen atoms in total. The molecule has 0 bridgehead atoms. The number of hydrogen-bond donors (Lipinski definition) is 1. The Kier molecular flexibility index (Phi) is 4.45. The third-order valence-electron chi connectivity index (χ3n) is 1.91. The maximum atomic E-state index is 10.7. The average Bonchev–Trinajstić information content (AvgIpc) is 2.25. The molecule has 1 rings (SSSR count). The van der Waals surface area contributed by atoms with E-state index in [0.29, 0.717) is 18.6 Å². The van der Waals surface area contributed by atoms with Crippen molar-refractivity contribution in [3.63, 3.8) is 0 Å². The Morgan fingerprint density at radius 1 is 1.67 bits per heavy atom. The van der Waals surface area contributed by atoms with Crippen LogP contribution < -0.4 is 5.32 Å². The minimum Gasteiger partial charge on any atom is -0.380 e. The minimum absolute atomic E-state index is 0.0262. The normalized spacial score (nSPS) is 12.2. The van der Waals surface area contributed by atoms with E-state index in [1.54, 1.807) is 7.11 Å². The summed E-state index contributed by atoms with van der Waals surface area (Å²) in [5.74, 6) is 0.425. The molecule has 1 atom stereocenters. The summed E-state index contributed by atoms with van der Waals surface area (Å²) >= 11 is 5.73. The molecule has 1 N–H and O–H groups in total. The van der Waals surface area contributed by atoms with Crippen molar-refractivity contribution in [2.45, 2.75) is 13.0 Å². The predicted molar refractivity (Wildman–Crippen MR) is 57.4 cm³/mol. The largest absolute Gasteiger partial charge is 0.380 e. The first-order chi connectivity index (χ1) is 7.19. The highest BCUT2D eigenvalue weighted by Crippen LogP contribution is 2.16. The zero-order valence-electron chi connectivity index (χ0n) is 8.53. The first-order valence-electron chi connectivity index (χ1n) is 4.41. The molecule has 1 aromatic rings. The lowest BCUT2D eigenvalue weighted by Gasteiger charge is -2.12. The zero-order valence-corrected chi connectivity index (χ0v) is 9.28. The van der Waals surface area contributed by atoms with E-state index in [1.807, 2.05) is 6.92 Å². The maximum Gasteiger partial charge on any atom is 0.156 e. The fourth-order valence-electron chi connectivity index (χ4n) is 0.943. The van der Waals surface area contributed by atoms with Crippen LogP contribution >= 0.6 is 11.6 Å². The van der Waals surface area contributed by atoms with Gasteiger partial charge in [-0.15, -0.1) is 0 Å². The van der Waals surface area contributed by atoms with Crippen molar-refractivity contribution in [1.82, 2.24) is 9.97 Å². The first-order valence-corrected chi connectivity index (χ1v) is 4.79. The van der Waals surface area contributed by atoms with Gasteiger partial charge in [-0.05, 0) is 6.92 Å². The van der Waals surface area contributed by atoms with Crippen molar-refractivity contribution in [3.05, 3.63) is 17.0 Å². The van der Waals surface area contributed by atoms with Gasteiger partial charge in [0, 0.05) is 13.7 Å². The Bertz CT molecular complexity index is 346. The Morgan fingerprint density at radius 3 is 3.00 bits per heavy atom. The molecule has 82 valence electrons. The summed E-state index contributed by atoms with van der Waals surface area (Å²) in [6.45, 7) is 2.45. The van der Waals surface area contributed by atoms with Crippen LogP contribution in [0.2, 0.25) is 5.15 Å². The van der Waals surface area contributed by atoms with E-state index >= 15 is 0 Å². The van der Waals surface area contributed by atoms with Gasteiger partial charge in [0.05, 0.1) is 11.7 Å². The molecular formula is C9H12ClN3O2. The zero-order chi connectivity index (χ0) is 11.3.